The Morgan fingerprint density at radius 3 is 2.28 bits per heavy atom. The van der Waals surface area contributed by atoms with Crippen molar-refractivity contribution in [3.63, 3.8) is 0 Å². The van der Waals surface area contributed by atoms with Crippen LogP contribution in [0.25, 0.3) is 0 Å². The van der Waals surface area contributed by atoms with Gasteiger partial charge in [0.1, 0.15) is 12.4 Å². The second kappa shape index (κ2) is 12.6. The maximum Gasteiger partial charge on any atom is 0.411 e. The lowest BCUT2D eigenvalue weighted by Gasteiger charge is -2.13. The molecule has 0 amide bonds. The van der Waals surface area contributed by atoms with E-state index in [1.807, 2.05) is 12.1 Å². The molecule has 0 radical (unpaired) electrons. The smallest absolute Gasteiger partial charge is 0.367 e. The van der Waals surface area contributed by atoms with Crippen molar-refractivity contribution in [1.82, 2.24) is 10.6 Å². The molecule has 0 fully saturated rings. The van der Waals surface area contributed by atoms with Gasteiger partial charge in [-0.15, -0.1) is 24.0 Å². The van der Waals surface area contributed by atoms with Gasteiger partial charge in [-0.25, -0.2) is 4.39 Å². The molecule has 0 unspecified atom stereocenters. The molecule has 4 nitrogen and oxygen atoms in total. The summed E-state index contributed by atoms with van der Waals surface area (Å²) in [6.45, 7) is -0.336. The van der Waals surface area contributed by atoms with Gasteiger partial charge in [0.25, 0.3) is 0 Å². The zero-order chi connectivity index (χ0) is 20.4. The van der Waals surface area contributed by atoms with E-state index in [9.17, 15) is 17.6 Å². The summed E-state index contributed by atoms with van der Waals surface area (Å²) >= 11 is 0. The monoisotopic (exact) mass is 525 g/mol. The maximum atomic E-state index is 13.6. The van der Waals surface area contributed by atoms with E-state index >= 15 is 0 Å². The van der Waals surface area contributed by atoms with Crippen molar-refractivity contribution in [2.45, 2.75) is 25.7 Å². The van der Waals surface area contributed by atoms with Gasteiger partial charge in [-0.3, -0.25) is 4.99 Å². The quantitative estimate of drug-likeness (QED) is 0.232. The van der Waals surface area contributed by atoms with Crippen LogP contribution < -0.4 is 10.6 Å². The Morgan fingerprint density at radius 2 is 1.66 bits per heavy atom. The van der Waals surface area contributed by atoms with Crippen LogP contribution in [0.1, 0.15) is 16.7 Å². The molecule has 29 heavy (non-hydrogen) atoms. The summed E-state index contributed by atoms with van der Waals surface area (Å²) in [7, 11) is 1.64. The number of hydrogen-bond donors (Lipinski definition) is 2. The van der Waals surface area contributed by atoms with E-state index < -0.39 is 12.8 Å². The second-order valence-corrected chi connectivity index (χ2v) is 6.12. The van der Waals surface area contributed by atoms with Crippen molar-refractivity contribution in [3.05, 3.63) is 71.0 Å². The van der Waals surface area contributed by atoms with Crippen LogP contribution in [0, 0.1) is 5.82 Å². The van der Waals surface area contributed by atoms with Crippen LogP contribution in [0.2, 0.25) is 0 Å². The van der Waals surface area contributed by atoms with E-state index in [4.69, 9.17) is 0 Å². The van der Waals surface area contributed by atoms with Crippen molar-refractivity contribution in [1.29, 1.82) is 0 Å². The third-order valence-corrected chi connectivity index (χ3v) is 3.89. The highest BCUT2D eigenvalue weighted by molar-refractivity contribution is 14.0. The van der Waals surface area contributed by atoms with Crippen LogP contribution >= 0.6 is 24.0 Å². The highest BCUT2D eigenvalue weighted by Crippen LogP contribution is 2.15. The molecule has 0 spiro atoms. The predicted molar refractivity (Wildman–Crippen MR) is 116 cm³/mol. The van der Waals surface area contributed by atoms with Crippen LogP contribution in [-0.4, -0.2) is 32.3 Å². The molecule has 0 aliphatic carbocycles. The number of nitrogens with one attached hydrogen (secondary N) is 2. The van der Waals surface area contributed by atoms with E-state index in [1.54, 1.807) is 37.4 Å². The Morgan fingerprint density at radius 1 is 1.00 bits per heavy atom. The third kappa shape index (κ3) is 9.93. The zero-order valence-electron chi connectivity index (χ0n) is 15.9. The minimum absolute atomic E-state index is 0. The van der Waals surface area contributed by atoms with Gasteiger partial charge in [0.2, 0.25) is 0 Å². The minimum Gasteiger partial charge on any atom is -0.367 e. The summed E-state index contributed by atoms with van der Waals surface area (Å²) in [6, 6.07) is 13.7. The van der Waals surface area contributed by atoms with Gasteiger partial charge < -0.3 is 15.4 Å². The minimum atomic E-state index is -4.32. The van der Waals surface area contributed by atoms with E-state index in [1.165, 1.54) is 6.07 Å². The molecule has 0 saturated heterocycles. The number of hydrogen-bond acceptors (Lipinski definition) is 2. The first-order valence-electron chi connectivity index (χ1n) is 8.77. The van der Waals surface area contributed by atoms with Gasteiger partial charge in [-0.2, -0.15) is 13.2 Å². The van der Waals surface area contributed by atoms with Gasteiger partial charge in [0, 0.05) is 20.1 Å². The number of ether oxygens (including phenoxy) is 1. The van der Waals surface area contributed by atoms with Crippen LogP contribution in [0.3, 0.4) is 0 Å². The molecule has 2 rings (SSSR count). The Labute approximate surface area is 184 Å². The summed E-state index contributed by atoms with van der Waals surface area (Å²) in [5, 5.41) is 6.25. The molecule has 9 heteroatoms. The van der Waals surface area contributed by atoms with Crippen LogP contribution in [0.4, 0.5) is 17.6 Å². The maximum absolute atomic E-state index is 13.6. The van der Waals surface area contributed by atoms with E-state index in [0.717, 1.165) is 5.56 Å². The van der Waals surface area contributed by atoms with Crippen molar-refractivity contribution >= 4 is 29.9 Å². The predicted octanol–water partition coefficient (Wildman–Crippen LogP) is 4.43. The van der Waals surface area contributed by atoms with Crippen LogP contribution in [0.15, 0.2) is 53.5 Å². The second-order valence-electron chi connectivity index (χ2n) is 6.12. The molecule has 2 N–H and O–H groups in total. The Kier molecular flexibility index (Phi) is 11.0. The Hall–Kier alpha value is -1.88. The van der Waals surface area contributed by atoms with Gasteiger partial charge in [0.05, 0.1) is 6.61 Å². The summed E-state index contributed by atoms with van der Waals surface area (Å²) < 4.78 is 54.4. The van der Waals surface area contributed by atoms with Gasteiger partial charge in [0.15, 0.2) is 5.96 Å². The third-order valence-electron chi connectivity index (χ3n) is 3.89. The first-order chi connectivity index (χ1) is 13.4. The fourth-order valence-electron chi connectivity index (χ4n) is 2.46. The number of guanidine groups is 1. The first kappa shape index (κ1) is 25.2. The number of benzene rings is 2. The molecule has 2 aromatic rings. The van der Waals surface area contributed by atoms with Crippen molar-refractivity contribution in [2.24, 2.45) is 4.99 Å². The SMILES string of the molecule is CN=C(NCCc1ccccc1F)NCc1ccc(COCC(F)(F)F)cc1.I. The normalized spacial score (nSPS) is 11.7. The summed E-state index contributed by atoms with van der Waals surface area (Å²) in [5.41, 5.74) is 2.24. The number of nitrogens with zero attached hydrogens (tertiary/aromatic N) is 1. The molecule has 0 atom stereocenters. The van der Waals surface area contributed by atoms with Crippen LogP contribution in [0.5, 0.6) is 0 Å². The largest absolute Gasteiger partial charge is 0.411 e. The summed E-state index contributed by atoms with van der Waals surface area (Å²) in [5.74, 6) is 0.348. The van der Waals surface area contributed by atoms with E-state index in [0.29, 0.717) is 36.6 Å². The number of alkyl halides is 3. The molecular formula is C20H24F4IN3O. The highest BCUT2D eigenvalue weighted by Gasteiger charge is 2.27. The highest BCUT2D eigenvalue weighted by atomic mass is 127. The fourth-order valence-corrected chi connectivity index (χ4v) is 2.46. The van der Waals surface area contributed by atoms with E-state index in [2.05, 4.69) is 20.4 Å². The molecule has 0 saturated carbocycles. The van der Waals surface area contributed by atoms with Crippen molar-refractivity contribution in [2.75, 3.05) is 20.2 Å². The van der Waals surface area contributed by atoms with Gasteiger partial charge in [-0.1, -0.05) is 42.5 Å². The lowest BCUT2D eigenvalue weighted by Crippen LogP contribution is -2.37. The molecular weight excluding hydrogens is 501 g/mol. The molecule has 2 aromatic carbocycles. The summed E-state index contributed by atoms with van der Waals surface area (Å²) in [4.78, 5) is 4.11. The zero-order valence-corrected chi connectivity index (χ0v) is 18.3. The van der Waals surface area contributed by atoms with Gasteiger partial charge >= 0.3 is 6.18 Å². The topological polar surface area (TPSA) is 45.7 Å². The number of rotatable bonds is 8. The fraction of sp³-hybridized carbons (Fsp3) is 0.350. The first-order valence-corrected chi connectivity index (χ1v) is 8.77. The molecule has 0 aromatic heterocycles. The lowest BCUT2D eigenvalue weighted by atomic mass is 10.1. The average Bonchev–Trinajstić information content (AvgIpc) is 2.66. The molecule has 0 aliphatic heterocycles. The lowest BCUT2D eigenvalue weighted by molar-refractivity contribution is -0.176. The van der Waals surface area contributed by atoms with Gasteiger partial charge in [-0.05, 0) is 29.2 Å². The van der Waals surface area contributed by atoms with Crippen molar-refractivity contribution < 1.29 is 22.3 Å². The molecule has 0 heterocycles. The van der Waals surface area contributed by atoms with E-state index in [-0.39, 0.29) is 36.4 Å². The van der Waals surface area contributed by atoms with Crippen molar-refractivity contribution in [3.8, 4) is 0 Å². The molecule has 160 valence electrons. The Bertz CT molecular complexity index is 767. The average molecular weight is 525 g/mol. The molecule has 0 bridgehead atoms. The summed E-state index contributed by atoms with van der Waals surface area (Å²) in [6.07, 6.45) is -3.79. The number of halogens is 5. The van der Waals surface area contributed by atoms with Crippen LogP contribution in [-0.2, 0) is 24.3 Å². The standard InChI is InChI=1S/C20H23F4N3O.HI/c1-25-19(26-11-10-17-4-2-3-5-18(17)21)27-12-15-6-8-16(9-7-15)13-28-14-20(22,23)24;/h2-9H,10-14H2,1H3,(H2,25,26,27);1H. The molecule has 0 aliphatic rings. The Balaban J connectivity index is 0.00000420. The number of aliphatic imine (C=N–C) groups is 1.